The molecule has 0 atom stereocenters. The fourth-order valence-electron chi connectivity index (χ4n) is 7.02. The van der Waals surface area contributed by atoms with Crippen LogP contribution in [0.1, 0.15) is 16.1 Å². The Bertz CT molecular complexity index is 2330. The van der Waals surface area contributed by atoms with E-state index in [4.69, 9.17) is 5.73 Å². The van der Waals surface area contributed by atoms with E-state index < -0.39 is 5.91 Å². The first kappa shape index (κ1) is 38.4. The summed E-state index contributed by atoms with van der Waals surface area (Å²) >= 11 is 3.04. The number of nitrogens with two attached hydrogens (primary N) is 1. The van der Waals surface area contributed by atoms with Crippen molar-refractivity contribution < 1.29 is 14.1 Å². The highest BCUT2D eigenvalue weighted by atomic mass is 32.2. The summed E-state index contributed by atoms with van der Waals surface area (Å²) in [5.74, 6) is -0.0409. The van der Waals surface area contributed by atoms with Crippen LogP contribution in [0.15, 0.2) is 131 Å². The molecule has 0 radical (unpaired) electrons. The number of carbonyl (C=O) groups excluding carboxylic acids is 1. The summed E-state index contributed by atoms with van der Waals surface area (Å²) in [7, 11) is 1.90. The molecular formula is C43H42FN7O3S2. The number of nitrogens with zero attached hydrogens (tertiary/aromatic N) is 4. The SMILES string of the molecule is Cc1c(C(N)=O)c(-c2cccc(N3CCN(c4ccc(NSc5ccc(NCCSc6ccccc6)c([N+](=O)[O-])c5)cc4)CC3)c2)c(-c2ccc(F)cc2)n1C. The van der Waals surface area contributed by atoms with E-state index in [0.29, 0.717) is 17.8 Å². The number of thioether (sulfide) groups is 1. The van der Waals surface area contributed by atoms with Crippen molar-refractivity contribution in [1.82, 2.24) is 4.57 Å². The minimum absolute atomic E-state index is 0.0445. The Hall–Kier alpha value is -5.92. The quantitative estimate of drug-likeness (QED) is 0.0326. The standard InChI is InChI=1S/C43H42FN7O3S2/c1-29-40(43(45)52)41(42(48(29)2)30-11-13-32(44)14-12-30)31-7-6-8-35(27-31)50-24-22-49(23-25-50)34-17-15-33(16-18-34)47-56-37-19-20-38(39(28-37)51(53)54)46-21-26-55-36-9-4-3-5-10-36/h3-20,27-28,46-47H,21-26H2,1-2H3,(H2,45,52). The summed E-state index contributed by atoms with van der Waals surface area (Å²) in [5.41, 5.74) is 14.0. The molecule has 1 fully saturated rings. The van der Waals surface area contributed by atoms with Gasteiger partial charge in [0.15, 0.2) is 0 Å². The number of nitrogens with one attached hydrogen (secondary N) is 2. The highest BCUT2D eigenvalue weighted by molar-refractivity contribution is 8.00. The zero-order valence-corrected chi connectivity index (χ0v) is 32.7. The molecule has 0 unspecified atom stereocenters. The molecule has 10 nitrogen and oxygen atoms in total. The van der Waals surface area contributed by atoms with E-state index in [9.17, 15) is 19.3 Å². The predicted octanol–water partition coefficient (Wildman–Crippen LogP) is 9.46. The lowest BCUT2D eigenvalue weighted by molar-refractivity contribution is -0.384. The highest BCUT2D eigenvalue weighted by Crippen LogP contribution is 2.40. The Kier molecular flexibility index (Phi) is 11.8. The number of aromatic nitrogens is 1. The van der Waals surface area contributed by atoms with Gasteiger partial charge in [0.2, 0.25) is 0 Å². The average Bonchev–Trinajstić information content (AvgIpc) is 3.49. The largest absolute Gasteiger partial charge is 0.379 e. The number of hydrogen-bond acceptors (Lipinski definition) is 9. The molecule has 0 bridgehead atoms. The maximum absolute atomic E-state index is 13.8. The number of hydrogen-bond donors (Lipinski definition) is 3. The van der Waals surface area contributed by atoms with Crippen molar-refractivity contribution in [3.63, 3.8) is 0 Å². The first-order chi connectivity index (χ1) is 27.2. The van der Waals surface area contributed by atoms with Crippen LogP contribution >= 0.6 is 23.7 Å². The van der Waals surface area contributed by atoms with Crippen LogP contribution in [-0.2, 0) is 7.05 Å². The van der Waals surface area contributed by atoms with Crippen LogP contribution in [0.2, 0.25) is 0 Å². The third-order valence-corrected chi connectivity index (χ3v) is 11.8. The van der Waals surface area contributed by atoms with Crippen LogP contribution in [-0.4, -0.2) is 53.9 Å². The van der Waals surface area contributed by atoms with E-state index in [-0.39, 0.29) is 16.4 Å². The van der Waals surface area contributed by atoms with E-state index in [1.165, 1.54) is 24.1 Å². The minimum atomic E-state index is -0.504. The van der Waals surface area contributed by atoms with E-state index >= 15 is 0 Å². The number of anilines is 4. The van der Waals surface area contributed by atoms with Crippen LogP contribution in [0, 0.1) is 22.9 Å². The van der Waals surface area contributed by atoms with Gasteiger partial charge in [0.1, 0.15) is 11.5 Å². The average molecular weight is 788 g/mol. The molecule has 1 aliphatic heterocycles. The highest BCUT2D eigenvalue weighted by Gasteiger charge is 2.26. The number of halogens is 1. The molecule has 1 amide bonds. The fraction of sp³-hybridized carbons (Fsp3) is 0.186. The number of piperazine rings is 1. The van der Waals surface area contributed by atoms with Gasteiger partial charge in [0, 0.05) is 89.7 Å². The first-order valence-electron chi connectivity index (χ1n) is 18.2. The summed E-state index contributed by atoms with van der Waals surface area (Å²) in [6.07, 6.45) is 0. The number of carbonyl (C=O) groups is 1. The maximum atomic E-state index is 13.8. The smallest absolute Gasteiger partial charge is 0.293 e. The number of primary amides is 1. The van der Waals surface area contributed by atoms with Gasteiger partial charge in [-0.25, -0.2) is 4.39 Å². The monoisotopic (exact) mass is 787 g/mol. The molecule has 5 aromatic carbocycles. The Morgan fingerprint density at radius 3 is 2.20 bits per heavy atom. The Morgan fingerprint density at radius 2 is 1.52 bits per heavy atom. The summed E-state index contributed by atoms with van der Waals surface area (Å²) in [5, 5.41) is 15.1. The molecular weight excluding hydrogens is 746 g/mol. The molecule has 56 heavy (non-hydrogen) atoms. The molecule has 286 valence electrons. The Morgan fingerprint density at radius 1 is 0.821 bits per heavy atom. The van der Waals surface area contributed by atoms with E-state index in [2.05, 4.69) is 56.2 Å². The third kappa shape index (κ3) is 8.64. The van der Waals surface area contributed by atoms with Crippen LogP contribution in [0.5, 0.6) is 0 Å². The van der Waals surface area contributed by atoms with Gasteiger partial charge in [0.05, 0.1) is 16.2 Å². The van der Waals surface area contributed by atoms with Crippen LogP contribution in [0.4, 0.5) is 32.8 Å². The number of rotatable bonds is 14. The molecule has 7 rings (SSSR count). The maximum Gasteiger partial charge on any atom is 0.293 e. The van der Waals surface area contributed by atoms with Crippen molar-refractivity contribution >= 4 is 58.1 Å². The summed E-state index contributed by atoms with van der Waals surface area (Å²) < 4.78 is 19.1. The number of nitro groups is 1. The molecule has 0 saturated carbocycles. The van der Waals surface area contributed by atoms with E-state index in [1.807, 2.05) is 67.1 Å². The van der Waals surface area contributed by atoms with Gasteiger partial charge >= 0.3 is 0 Å². The lowest BCUT2D eigenvalue weighted by atomic mass is 9.96. The Labute approximate surface area is 334 Å². The van der Waals surface area contributed by atoms with Gasteiger partial charge < -0.3 is 30.1 Å². The molecule has 0 aliphatic carbocycles. The molecule has 0 spiro atoms. The van der Waals surface area contributed by atoms with Crippen molar-refractivity contribution in [3.8, 4) is 22.4 Å². The van der Waals surface area contributed by atoms with Crippen molar-refractivity contribution in [3.05, 3.63) is 149 Å². The second-order valence-corrected chi connectivity index (χ2v) is 15.5. The van der Waals surface area contributed by atoms with Gasteiger partial charge in [-0.05, 0) is 115 Å². The summed E-state index contributed by atoms with van der Waals surface area (Å²) in [6.45, 7) is 5.72. The third-order valence-electron chi connectivity index (χ3n) is 9.95. The van der Waals surface area contributed by atoms with Gasteiger partial charge in [-0.3, -0.25) is 14.9 Å². The topological polar surface area (TPSA) is 122 Å². The number of amides is 1. The molecule has 1 aromatic heterocycles. The van der Waals surface area contributed by atoms with Gasteiger partial charge in [-0.2, -0.15) is 0 Å². The van der Waals surface area contributed by atoms with E-state index in [0.717, 1.165) is 86.9 Å². The zero-order chi connectivity index (χ0) is 39.2. The molecule has 4 N–H and O–H groups in total. The molecule has 2 heterocycles. The van der Waals surface area contributed by atoms with E-state index in [1.54, 1.807) is 36.0 Å². The van der Waals surface area contributed by atoms with Gasteiger partial charge in [-0.15, -0.1) is 11.8 Å². The molecule has 13 heteroatoms. The number of nitro benzene ring substituents is 1. The van der Waals surface area contributed by atoms with Crippen molar-refractivity contribution in [1.29, 1.82) is 0 Å². The van der Waals surface area contributed by atoms with Crippen molar-refractivity contribution in [2.45, 2.75) is 16.7 Å². The van der Waals surface area contributed by atoms with Crippen LogP contribution in [0.3, 0.4) is 0 Å². The van der Waals surface area contributed by atoms with Crippen molar-refractivity contribution in [2.24, 2.45) is 12.8 Å². The lowest BCUT2D eigenvalue weighted by Crippen LogP contribution is -2.46. The van der Waals surface area contributed by atoms with Gasteiger partial charge in [-0.1, -0.05) is 30.3 Å². The Balaban J connectivity index is 0.961. The molecule has 1 saturated heterocycles. The first-order valence-corrected chi connectivity index (χ1v) is 20.0. The normalized spacial score (nSPS) is 12.8. The molecule has 6 aromatic rings. The minimum Gasteiger partial charge on any atom is -0.379 e. The second-order valence-electron chi connectivity index (χ2n) is 13.4. The summed E-state index contributed by atoms with van der Waals surface area (Å²) in [4.78, 5) is 30.9. The van der Waals surface area contributed by atoms with Crippen LogP contribution in [0.25, 0.3) is 22.4 Å². The van der Waals surface area contributed by atoms with Crippen LogP contribution < -0.4 is 25.6 Å². The van der Waals surface area contributed by atoms with Crippen molar-refractivity contribution in [2.75, 3.05) is 58.3 Å². The molecule has 1 aliphatic rings. The predicted molar refractivity (Wildman–Crippen MR) is 229 cm³/mol. The van der Waals surface area contributed by atoms with Gasteiger partial charge in [0.25, 0.3) is 11.6 Å². The lowest BCUT2D eigenvalue weighted by Gasteiger charge is -2.37. The zero-order valence-electron chi connectivity index (χ0n) is 31.1. The second kappa shape index (κ2) is 17.3. The summed E-state index contributed by atoms with van der Waals surface area (Å²) in [6, 6.07) is 38.0. The fourth-order valence-corrected chi connectivity index (χ4v) is 8.48. The number of benzene rings is 5.